The van der Waals surface area contributed by atoms with Gasteiger partial charge >= 0.3 is 0 Å². The monoisotopic (exact) mass is 278 g/mol. The summed E-state index contributed by atoms with van der Waals surface area (Å²) in [7, 11) is 0. The van der Waals surface area contributed by atoms with Crippen LogP contribution in [0.5, 0.6) is 11.5 Å². The van der Waals surface area contributed by atoms with Gasteiger partial charge in [0, 0.05) is 0 Å². The third kappa shape index (κ3) is 3.43. The quantitative estimate of drug-likeness (QED) is 0.629. The predicted octanol–water partition coefficient (Wildman–Crippen LogP) is 5.55. The third-order valence-corrected chi connectivity index (χ3v) is 3.74. The van der Waals surface area contributed by atoms with E-state index in [1.54, 1.807) is 0 Å². The molecule has 0 atom stereocenters. The van der Waals surface area contributed by atoms with Crippen LogP contribution in [0.25, 0.3) is 0 Å². The number of benzene rings is 2. The Kier molecular flexibility index (Phi) is 4.99. The summed E-state index contributed by atoms with van der Waals surface area (Å²) in [6.07, 6.45) is 5.56. The fourth-order valence-corrected chi connectivity index (χ4v) is 2.41. The molecule has 21 heavy (non-hydrogen) atoms. The molecule has 108 valence electrons. The first-order valence-electron chi connectivity index (χ1n) is 7.24. The van der Waals surface area contributed by atoms with Crippen LogP contribution < -0.4 is 4.74 Å². The maximum absolute atomic E-state index is 6.15. The molecule has 2 aromatic rings. The molecular formula is C20H22O. The van der Waals surface area contributed by atoms with Crippen LogP contribution in [0, 0.1) is 13.8 Å². The fourth-order valence-electron chi connectivity index (χ4n) is 2.41. The fraction of sp³-hybridized carbons (Fsp3) is 0.200. The molecule has 0 saturated heterocycles. The zero-order valence-corrected chi connectivity index (χ0v) is 12.9. The van der Waals surface area contributed by atoms with Gasteiger partial charge < -0.3 is 4.74 Å². The summed E-state index contributed by atoms with van der Waals surface area (Å²) in [5.74, 6) is 1.82. The number of allylic oxidation sites excluding steroid dienone is 2. The Morgan fingerprint density at radius 3 is 1.62 bits per heavy atom. The van der Waals surface area contributed by atoms with Crippen molar-refractivity contribution in [1.29, 1.82) is 0 Å². The van der Waals surface area contributed by atoms with Crippen LogP contribution in [0.1, 0.15) is 22.3 Å². The normalized spacial score (nSPS) is 10.2. The van der Waals surface area contributed by atoms with E-state index in [1.807, 2.05) is 36.4 Å². The lowest BCUT2D eigenvalue weighted by molar-refractivity contribution is 0.474. The smallest absolute Gasteiger partial charge is 0.130 e. The van der Waals surface area contributed by atoms with Gasteiger partial charge in [-0.05, 0) is 61.1 Å². The highest BCUT2D eigenvalue weighted by molar-refractivity contribution is 5.46. The molecule has 0 aromatic heterocycles. The van der Waals surface area contributed by atoms with Gasteiger partial charge in [-0.1, -0.05) is 36.4 Å². The van der Waals surface area contributed by atoms with Crippen LogP contribution in [-0.4, -0.2) is 0 Å². The highest BCUT2D eigenvalue weighted by atomic mass is 16.5. The van der Waals surface area contributed by atoms with Crippen molar-refractivity contribution < 1.29 is 4.74 Å². The molecule has 0 unspecified atom stereocenters. The lowest BCUT2D eigenvalue weighted by Gasteiger charge is -2.15. The minimum Gasteiger partial charge on any atom is -0.457 e. The molecule has 0 fully saturated rings. The largest absolute Gasteiger partial charge is 0.457 e. The van der Waals surface area contributed by atoms with E-state index in [2.05, 4.69) is 39.1 Å². The van der Waals surface area contributed by atoms with Crippen molar-refractivity contribution >= 4 is 0 Å². The Labute approximate surface area is 127 Å². The van der Waals surface area contributed by atoms with E-state index >= 15 is 0 Å². The molecule has 0 aliphatic heterocycles. The lowest BCUT2D eigenvalue weighted by atomic mass is 10.0. The van der Waals surface area contributed by atoms with Gasteiger partial charge in [0.1, 0.15) is 11.5 Å². The molecule has 0 aliphatic carbocycles. The summed E-state index contributed by atoms with van der Waals surface area (Å²) < 4.78 is 6.15. The molecule has 1 heteroatoms. The highest BCUT2D eigenvalue weighted by Gasteiger charge is 2.08. The van der Waals surface area contributed by atoms with E-state index in [0.717, 1.165) is 24.3 Å². The van der Waals surface area contributed by atoms with Gasteiger partial charge in [0.15, 0.2) is 0 Å². The average Bonchev–Trinajstić information content (AvgIpc) is 2.48. The second-order valence-corrected chi connectivity index (χ2v) is 5.17. The van der Waals surface area contributed by atoms with Crippen molar-refractivity contribution in [2.24, 2.45) is 0 Å². The molecule has 0 aliphatic rings. The van der Waals surface area contributed by atoms with Crippen LogP contribution in [0.2, 0.25) is 0 Å². The molecule has 2 rings (SSSR count). The lowest BCUT2D eigenvalue weighted by Crippen LogP contribution is -1.96. The molecule has 0 N–H and O–H groups in total. The predicted molar refractivity (Wildman–Crippen MR) is 90.2 cm³/mol. The standard InChI is InChI=1S/C20H22O/c1-5-9-17-11-7-13-19(15(17)3)21-20-14-8-12-18(10-6-2)16(20)4/h5-8,11-14H,1-2,9-10H2,3-4H3. The summed E-state index contributed by atoms with van der Waals surface area (Å²) in [6.45, 7) is 11.8. The third-order valence-electron chi connectivity index (χ3n) is 3.74. The summed E-state index contributed by atoms with van der Waals surface area (Å²) in [5.41, 5.74) is 4.85. The first-order valence-corrected chi connectivity index (χ1v) is 7.24. The second-order valence-electron chi connectivity index (χ2n) is 5.17. The number of hydrogen-bond donors (Lipinski definition) is 0. The highest BCUT2D eigenvalue weighted by Crippen LogP contribution is 2.31. The Hall–Kier alpha value is -2.28. The van der Waals surface area contributed by atoms with Crippen LogP contribution in [-0.2, 0) is 12.8 Å². The van der Waals surface area contributed by atoms with Crippen LogP contribution >= 0.6 is 0 Å². The first kappa shape index (κ1) is 15.1. The van der Waals surface area contributed by atoms with Crippen molar-refractivity contribution in [3.05, 3.63) is 84.0 Å². The van der Waals surface area contributed by atoms with Crippen molar-refractivity contribution in [2.45, 2.75) is 26.7 Å². The molecule has 2 aromatic carbocycles. The van der Waals surface area contributed by atoms with E-state index < -0.39 is 0 Å². The zero-order chi connectivity index (χ0) is 15.2. The maximum Gasteiger partial charge on any atom is 0.130 e. The minimum atomic E-state index is 0.860. The van der Waals surface area contributed by atoms with Crippen LogP contribution in [0.3, 0.4) is 0 Å². The summed E-state index contributed by atoms with van der Waals surface area (Å²) in [6, 6.07) is 12.3. The molecule has 0 heterocycles. The molecule has 0 spiro atoms. The van der Waals surface area contributed by atoms with Gasteiger partial charge in [0.25, 0.3) is 0 Å². The average molecular weight is 278 g/mol. The summed E-state index contributed by atoms with van der Waals surface area (Å²) in [4.78, 5) is 0. The van der Waals surface area contributed by atoms with E-state index in [9.17, 15) is 0 Å². The minimum absolute atomic E-state index is 0.860. The van der Waals surface area contributed by atoms with E-state index in [-0.39, 0.29) is 0 Å². The van der Waals surface area contributed by atoms with Crippen LogP contribution in [0.15, 0.2) is 61.7 Å². The number of rotatable bonds is 6. The maximum atomic E-state index is 6.15. The van der Waals surface area contributed by atoms with Crippen LogP contribution in [0.4, 0.5) is 0 Å². The van der Waals surface area contributed by atoms with Gasteiger partial charge in [0.2, 0.25) is 0 Å². The Morgan fingerprint density at radius 1 is 0.810 bits per heavy atom. The van der Waals surface area contributed by atoms with E-state index in [1.165, 1.54) is 22.3 Å². The van der Waals surface area contributed by atoms with Gasteiger partial charge in [-0.15, -0.1) is 13.2 Å². The Bertz CT molecular complexity index is 595. The number of hydrogen-bond acceptors (Lipinski definition) is 1. The molecule has 0 bridgehead atoms. The van der Waals surface area contributed by atoms with Gasteiger partial charge in [0.05, 0.1) is 0 Å². The SMILES string of the molecule is C=CCc1cccc(Oc2cccc(CC=C)c2C)c1C. The molecule has 1 nitrogen and oxygen atoms in total. The zero-order valence-electron chi connectivity index (χ0n) is 12.9. The number of ether oxygens (including phenoxy) is 1. The van der Waals surface area contributed by atoms with E-state index in [4.69, 9.17) is 4.74 Å². The molecule has 0 amide bonds. The van der Waals surface area contributed by atoms with Crippen molar-refractivity contribution in [2.75, 3.05) is 0 Å². The summed E-state index contributed by atoms with van der Waals surface area (Å²) >= 11 is 0. The summed E-state index contributed by atoms with van der Waals surface area (Å²) in [5, 5.41) is 0. The van der Waals surface area contributed by atoms with Gasteiger partial charge in [-0.3, -0.25) is 0 Å². The van der Waals surface area contributed by atoms with Crippen molar-refractivity contribution in [1.82, 2.24) is 0 Å². The van der Waals surface area contributed by atoms with Gasteiger partial charge in [-0.2, -0.15) is 0 Å². The molecule has 0 radical (unpaired) electrons. The first-order chi connectivity index (χ1) is 10.2. The molecular weight excluding hydrogens is 256 g/mol. The van der Waals surface area contributed by atoms with Crippen molar-refractivity contribution in [3.8, 4) is 11.5 Å². The second kappa shape index (κ2) is 6.94. The molecule has 0 saturated carbocycles. The van der Waals surface area contributed by atoms with Crippen molar-refractivity contribution in [3.63, 3.8) is 0 Å². The van der Waals surface area contributed by atoms with E-state index in [0.29, 0.717) is 0 Å². The topological polar surface area (TPSA) is 9.23 Å². The Balaban J connectivity index is 2.34. The van der Waals surface area contributed by atoms with Gasteiger partial charge in [-0.25, -0.2) is 0 Å². The Morgan fingerprint density at radius 2 is 1.24 bits per heavy atom.